The van der Waals surface area contributed by atoms with E-state index in [1.165, 1.54) is 44.9 Å². The quantitative estimate of drug-likeness (QED) is 0.815. The fourth-order valence-corrected chi connectivity index (χ4v) is 4.05. The van der Waals surface area contributed by atoms with E-state index in [-0.39, 0.29) is 0 Å². The maximum Gasteiger partial charge on any atom is 0.0325 e. The summed E-state index contributed by atoms with van der Waals surface area (Å²) in [6, 6.07) is 10.4. The monoisotopic (exact) mass is 257 g/mol. The molecule has 1 aromatic rings. The zero-order valence-electron chi connectivity index (χ0n) is 12.4. The Morgan fingerprint density at radius 2 is 1.95 bits per heavy atom. The van der Waals surface area contributed by atoms with Crippen molar-refractivity contribution in [1.82, 2.24) is 5.32 Å². The molecule has 0 bridgehead atoms. The van der Waals surface area contributed by atoms with Crippen molar-refractivity contribution in [2.24, 2.45) is 5.41 Å². The van der Waals surface area contributed by atoms with Gasteiger partial charge in [0.05, 0.1) is 0 Å². The van der Waals surface area contributed by atoms with Crippen LogP contribution in [0.2, 0.25) is 0 Å². The SMILES string of the molecule is CC1(C)CCCC(NC2CCCc3ccccc32)C1. The molecule has 0 radical (unpaired) electrons. The minimum absolute atomic E-state index is 0.532. The van der Waals surface area contributed by atoms with E-state index in [1.54, 1.807) is 11.1 Å². The Balaban J connectivity index is 1.71. The van der Waals surface area contributed by atoms with Crippen molar-refractivity contribution in [3.05, 3.63) is 35.4 Å². The number of benzene rings is 1. The third kappa shape index (κ3) is 3.02. The van der Waals surface area contributed by atoms with Crippen molar-refractivity contribution in [2.75, 3.05) is 0 Å². The van der Waals surface area contributed by atoms with Crippen LogP contribution in [0.1, 0.15) is 69.5 Å². The smallest absolute Gasteiger partial charge is 0.0325 e. The second-order valence-corrected chi connectivity index (χ2v) is 7.27. The van der Waals surface area contributed by atoms with Crippen LogP contribution in [-0.2, 0) is 6.42 Å². The highest BCUT2D eigenvalue weighted by Crippen LogP contribution is 2.37. The van der Waals surface area contributed by atoms with Gasteiger partial charge in [-0.25, -0.2) is 0 Å². The minimum atomic E-state index is 0.532. The van der Waals surface area contributed by atoms with Gasteiger partial charge >= 0.3 is 0 Å². The summed E-state index contributed by atoms with van der Waals surface area (Å²) in [6.07, 6.45) is 9.41. The number of aryl methyl sites for hydroxylation is 1. The molecule has 19 heavy (non-hydrogen) atoms. The number of fused-ring (bicyclic) bond motifs is 1. The highest BCUT2D eigenvalue weighted by Gasteiger charge is 2.30. The molecular weight excluding hydrogens is 230 g/mol. The lowest BCUT2D eigenvalue weighted by Gasteiger charge is -2.38. The van der Waals surface area contributed by atoms with Crippen molar-refractivity contribution in [1.29, 1.82) is 0 Å². The Morgan fingerprint density at radius 1 is 1.11 bits per heavy atom. The molecule has 104 valence electrons. The Bertz CT molecular complexity index is 435. The largest absolute Gasteiger partial charge is 0.307 e. The van der Waals surface area contributed by atoms with E-state index in [0.29, 0.717) is 11.5 Å². The molecule has 2 aliphatic rings. The summed E-state index contributed by atoms with van der Waals surface area (Å²) in [5.41, 5.74) is 3.67. The number of nitrogens with one attached hydrogen (secondary N) is 1. The van der Waals surface area contributed by atoms with Crippen LogP contribution in [0.3, 0.4) is 0 Å². The van der Waals surface area contributed by atoms with E-state index in [0.717, 1.165) is 6.04 Å². The first kappa shape index (κ1) is 13.2. The van der Waals surface area contributed by atoms with Crippen molar-refractivity contribution in [3.63, 3.8) is 0 Å². The van der Waals surface area contributed by atoms with Gasteiger partial charge in [0.25, 0.3) is 0 Å². The summed E-state index contributed by atoms with van der Waals surface area (Å²) in [4.78, 5) is 0. The third-order valence-corrected chi connectivity index (χ3v) is 5.01. The molecule has 0 amide bonds. The lowest BCUT2D eigenvalue weighted by Crippen LogP contribution is -2.40. The first-order valence-electron chi connectivity index (χ1n) is 7.98. The van der Waals surface area contributed by atoms with E-state index in [9.17, 15) is 0 Å². The summed E-state index contributed by atoms with van der Waals surface area (Å²) in [5.74, 6) is 0. The Morgan fingerprint density at radius 3 is 2.79 bits per heavy atom. The standard InChI is InChI=1S/C18H27N/c1-18(2)12-6-9-15(13-18)19-17-11-5-8-14-7-3-4-10-16(14)17/h3-4,7,10,15,17,19H,5-6,8-9,11-13H2,1-2H3. The highest BCUT2D eigenvalue weighted by molar-refractivity contribution is 5.32. The topological polar surface area (TPSA) is 12.0 Å². The number of rotatable bonds is 2. The lowest BCUT2D eigenvalue weighted by molar-refractivity contribution is 0.185. The van der Waals surface area contributed by atoms with Crippen LogP contribution < -0.4 is 5.32 Å². The lowest BCUT2D eigenvalue weighted by atomic mass is 9.74. The van der Waals surface area contributed by atoms with Gasteiger partial charge in [-0.05, 0) is 55.1 Å². The summed E-state index contributed by atoms with van der Waals surface area (Å²) in [7, 11) is 0. The molecule has 1 nitrogen and oxygen atoms in total. The minimum Gasteiger partial charge on any atom is -0.307 e. The van der Waals surface area contributed by atoms with E-state index >= 15 is 0 Å². The molecule has 1 saturated carbocycles. The Kier molecular flexibility index (Phi) is 3.66. The molecule has 3 rings (SSSR count). The average molecular weight is 257 g/mol. The van der Waals surface area contributed by atoms with E-state index in [2.05, 4.69) is 43.4 Å². The predicted octanol–water partition coefficient (Wildman–Crippen LogP) is 4.62. The number of hydrogen-bond acceptors (Lipinski definition) is 1. The zero-order valence-corrected chi connectivity index (χ0v) is 12.4. The Hall–Kier alpha value is -0.820. The van der Waals surface area contributed by atoms with Crippen molar-refractivity contribution < 1.29 is 0 Å². The maximum atomic E-state index is 3.97. The second-order valence-electron chi connectivity index (χ2n) is 7.27. The van der Waals surface area contributed by atoms with Gasteiger partial charge in [-0.15, -0.1) is 0 Å². The van der Waals surface area contributed by atoms with Gasteiger partial charge in [0.15, 0.2) is 0 Å². The van der Waals surface area contributed by atoms with Gasteiger partial charge in [0.2, 0.25) is 0 Å². The molecule has 2 aliphatic carbocycles. The molecule has 0 saturated heterocycles. The van der Waals surface area contributed by atoms with Crippen LogP contribution in [0.15, 0.2) is 24.3 Å². The van der Waals surface area contributed by atoms with Gasteiger partial charge in [0, 0.05) is 12.1 Å². The zero-order chi connectivity index (χ0) is 13.3. The van der Waals surface area contributed by atoms with E-state index in [1.807, 2.05) is 0 Å². The fourth-order valence-electron chi connectivity index (χ4n) is 4.05. The predicted molar refractivity (Wildman–Crippen MR) is 81.3 cm³/mol. The first-order chi connectivity index (χ1) is 9.14. The molecule has 0 aromatic heterocycles. The highest BCUT2D eigenvalue weighted by atomic mass is 15.0. The van der Waals surface area contributed by atoms with Gasteiger partial charge in [0.1, 0.15) is 0 Å². The second kappa shape index (κ2) is 5.28. The molecule has 1 heteroatoms. The van der Waals surface area contributed by atoms with Crippen LogP contribution in [0, 0.1) is 5.41 Å². The van der Waals surface area contributed by atoms with Crippen molar-refractivity contribution >= 4 is 0 Å². The molecule has 2 atom stereocenters. The van der Waals surface area contributed by atoms with Crippen LogP contribution >= 0.6 is 0 Å². The van der Waals surface area contributed by atoms with E-state index < -0.39 is 0 Å². The molecule has 0 aliphatic heterocycles. The average Bonchev–Trinajstić information content (AvgIpc) is 2.38. The number of hydrogen-bond donors (Lipinski definition) is 1. The maximum absolute atomic E-state index is 3.97. The van der Waals surface area contributed by atoms with Crippen LogP contribution in [-0.4, -0.2) is 6.04 Å². The van der Waals surface area contributed by atoms with Crippen molar-refractivity contribution in [2.45, 2.75) is 70.9 Å². The van der Waals surface area contributed by atoms with Crippen LogP contribution in [0.25, 0.3) is 0 Å². The normalized spacial score (nSPS) is 29.8. The molecule has 2 unspecified atom stereocenters. The van der Waals surface area contributed by atoms with Crippen LogP contribution in [0.5, 0.6) is 0 Å². The molecule has 0 heterocycles. The van der Waals surface area contributed by atoms with E-state index in [4.69, 9.17) is 0 Å². The fraction of sp³-hybridized carbons (Fsp3) is 0.667. The van der Waals surface area contributed by atoms with Crippen molar-refractivity contribution in [3.8, 4) is 0 Å². The summed E-state index contributed by atoms with van der Waals surface area (Å²) in [6.45, 7) is 4.85. The van der Waals surface area contributed by atoms with Gasteiger partial charge in [-0.1, -0.05) is 44.5 Å². The third-order valence-electron chi connectivity index (χ3n) is 5.01. The molecule has 1 aromatic carbocycles. The van der Waals surface area contributed by atoms with Gasteiger partial charge in [-0.3, -0.25) is 0 Å². The van der Waals surface area contributed by atoms with Gasteiger partial charge < -0.3 is 5.32 Å². The Labute approximate surface area is 117 Å². The molecule has 0 spiro atoms. The first-order valence-corrected chi connectivity index (χ1v) is 7.98. The van der Waals surface area contributed by atoms with Gasteiger partial charge in [-0.2, -0.15) is 0 Å². The molecular formula is C18H27N. The summed E-state index contributed by atoms with van der Waals surface area (Å²) < 4.78 is 0. The van der Waals surface area contributed by atoms with Crippen LogP contribution in [0.4, 0.5) is 0 Å². The summed E-state index contributed by atoms with van der Waals surface area (Å²) in [5, 5.41) is 3.97. The summed E-state index contributed by atoms with van der Waals surface area (Å²) >= 11 is 0. The molecule has 1 N–H and O–H groups in total. The molecule has 1 fully saturated rings.